The molecule has 0 aliphatic carbocycles. The fraction of sp³-hybridized carbons (Fsp3) is 0.333. The SMILES string of the molecule is CC1CN(Cc2ccccc2)CCC1N(c1cnccn1)c1ccco1. The fourth-order valence-electron chi connectivity index (χ4n) is 3.86. The Kier molecular flexibility index (Phi) is 4.97. The van der Waals surface area contributed by atoms with Crippen LogP contribution in [0.3, 0.4) is 0 Å². The lowest BCUT2D eigenvalue weighted by Crippen LogP contribution is -2.48. The zero-order valence-electron chi connectivity index (χ0n) is 15.0. The van der Waals surface area contributed by atoms with Gasteiger partial charge in [-0.2, -0.15) is 0 Å². The van der Waals surface area contributed by atoms with Crippen molar-refractivity contribution in [3.8, 4) is 0 Å². The van der Waals surface area contributed by atoms with Crippen LogP contribution in [0.15, 0.2) is 71.7 Å². The van der Waals surface area contributed by atoms with Crippen molar-refractivity contribution in [2.45, 2.75) is 25.9 Å². The molecule has 1 aliphatic rings. The van der Waals surface area contributed by atoms with E-state index in [4.69, 9.17) is 4.42 Å². The highest BCUT2D eigenvalue weighted by atomic mass is 16.3. The maximum absolute atomic E-state index is 5.72. The molecule has 26 heavy (non-hydrogen) atoms. The molecule has 0 amide bonds. The fourth-order valence-corrected chi connectivity index (χ4v) is 3.86. The standard InChI is InChI=1S/C21H24N4O/c1-17-15-24(16-18-6-3-2-4-7-18)12-9-19(17)25(21-8-5-13-26-21)20-14-22-10-11-23-20/h2-8,10-11,13-14,17,19H,9,12,15-16H2,1H3. The molecule has 5 heteroatoms. The monoisotopic (exact) mass is 348 g/mol. The second-order valence-corrected chi connectivity index (χ2v) is 6.94. The zero-order valence-corrected chi connectivity index (χ0v) is 15.0. The summed E-state index contributed by atoms with van der Waals surface area (Å²) >= 11 is 0. The van der Waals surface area contributed by atoms with Gasteiger partial charge in [0, 0.05) is 44.1 Å². The number of aromatic nitrogens is 2. The summed E-state index contributed by atoms with van der Waals surface area (Å²) in [5.74, 6) is 2.16. The minimum Gasteiger partial charge on any atom is -0.448 e. The third-order valence-corrected chi connectivity index (χ3v) is 5.06. The largest absolute Gasteiger partial charge is 0.448 e. The Labute approximate surface area is 154 Å². The number of likely N-dealkylation sites (tertiary alicyclic amines) is 1. The molecule has 0 N–H and O–H groups in total. The predicted molar refractivity (Wildman–Crippen MR) is 102 cm³/mol. The third-order valence-electron chi connectivity index (χ3n) is 5.06. The van der Waals surface area contributed by atoms with Crippen molar-refractivity contribution < 1.29 is 4.42 Å². The number of piperidine rings is 1. The van der Waals surface area contributed by atoms with Crippen LogP contribution in [0, 0.1) is 5.92 Å². The van der Waals surface area contributed by atoms with Gasteiger partial charge in [-0.25, -0.2) is 4.98 Å². The van der Waals surface area contributed by atoms with Gasteiger partial charge in [0.2, 0.25) is 5.88 Å². The van der Waals surface area contributed by atoms with Gasteiger partial charge in [-0.1, -0.05) is 37.3 Å². The summed E-state index contributed by atoms with van der Waals surface area (Å²) < 4.78 is 5.72. The Bertz CT molecular complexity index is 791. The Morgan fingerprint density at radius 1 is 1.15 bits per heavy atom. The van der Waals surface area contributed by atoms with Crippen molar-refractivity contribution in [3.05, 3.63) is 72.9 Å². The number of rotatable bonds is 5. The van der Waals surface area contributed by atoms with E-state index in [9.17, 15) is 0 Å². The van der Waals surface area contributed by atoms with E-state index >= 15 is 0 Å². The van der Waals surface area contributed by atoms with E-state index in [1.807, 2.05) is 18.3 Å². The van der Waals surface area contributed by atoms with Crippen molar-refractivity contribution in [2.24, 2.45) is 5.92 Å². The molecule has 1 fully saturated rings. The highest BCUT2D eigenvalue weighted by Crippen LogP contribution is 2.33. The van der Waals surface area contributed by atoms with Gasteiger partial charge in [0.05, 0.1) is 12.5 Å². The van der Waals surface area contributed by atoms with E-state index in [2.05, 4.69) is 57.0 Å². The van der Waals surface area contributed by atoms with Crippen LogP contribution >= 0.6 is 0 Å². The van der Waals surface area contributed by atoms with Crippen LogP contribution in [0.25, 0.3) is 0 Å². The van der Waals surface area contributed by atoms with E-state index in [1.54, 1.807) is 18.7 Å². The molecule has 1 saturated heterocycles. The molecular formula is C21H24N4O. The Hall–Kier alpha value is -2.66. The molecular weight excluding hydrogens is 324 g/mol. The van der Waals surface area contributed by atoms with Crippen LogP contribution < -0.4 is 4.90 Å². The number of nitrogens with zero attached hydrogens (tertiary/aromatic N) is 4. The number of furan rings is 1. The van der Waals surface area contributed by atoms with Crippen molar-refractivity contribution in [1.82, 2.24) is 14.9 Å². The van der Waals surface area contributed by atoms with Crippen molar-refractivity contribution >= 4 is 11.7 Å². The average molecular weight is 348 g/mol. The lowest BCUT2D eigenvalue weighted by Gasteiger charge is -2.42. The maximum Gasteiger partial charge on any atom is 0.201 e. The van der Waals surface area contributed by atoms with Gasteiger partial charge in [0.1, 0.15) is 0 Å². The summed E-state index contributed by atoms with van der Waals surface area (Å²) in [7, 11) is 0. The minimum absolute atomic E-state index is 0.338. The van der Waals surface area contributed by atoms with Crippen molar-refractivity contribution in [2.75, 3.05) is 18.0 Å². The third kappa shape index (κ3) is 3.63. The summed E-state index contributed by atoms with van der Waals surface area (Å²) in [6, 6.07) is 14.9. The van der Waals surface area contributed by atoms with Crippen molar-refractivity contribution in [1.29, 1.82) is 0 Å². The number of hydrogen-bond acceptors (Lipinski definition) is 5. The van der Waals surface area contributed by atoms with Gasteiger partial charge in [-0.3, -0.25) is 14.8 Å². The topological polar surface area (TPSA) is 45.4 Å². The van der Waals surface area contributed by atoms with Crippen molar-refractivity contribution in [3.63, 3.8) is 0 Å². The first-order chi connectivity index (χ1) is 12.8. The lowest BCUT2D eigenvalue weighted by molar-refractivity contribution is 0.155. The molecule has 0 bridgehead atoms. The van der Waals surface area contributed by atoms with Gasteiger partial charge < -0.3 is 4.42 Å². The molecule has 1 aromatic carbocycles. The summed E-state index contributed by atoms with van der Waals surface area (Å²) in [5, 5.41) is 0. The normalized spacial score (nSPS) is 20.8. The number of hydrogen-bond donors (Lipinski definition) is 0. The first-order valence-electron chi connectivity index (χ1n) is 9.16. The number of benzene rings is 1. The molecule has 4 rings (SSSR count). The molecule has 0 spiro atoms. The van der Waals surface area contributed by atoms with Gasteiger partial charge in [-0.15, -0.1) is 0 Å². The summed E-state index contributed by atoms with van der Waals surface area (Å²) in [6.07, 6.45) is 8.03. The van der Waals surface area contributed by atoms with Gasteiger partial charge in [-0.05, 0) is 24.0 Å². The Balaban J connectivity index is 1.51. The highest BCUT2D eigenvalue weighted by Gasteiger charge is 2.33. The quantitative estimate of drug-likeness (QED) is 0.694. The predicted octanol–water partition coefficient (Wildman–Crippen LogP) is 4.12. The molecule has 2 aromatic heterocycles. The highest BCUT2D eigenvalue weighted by molar-refractivity contribution is 5.54. The molecule has 134 valence electrons. The molecule has 2 unspecified atom stereocenters. The van der Waals surface area contributed by atoms with Crippen LogP contribution in [0.1, 0.15) is 18.9 Å². The first-order valence-corrected chi connectivity index (χ1v) is 9.16. The molecule has 2 atom stereocenters. The molecule has 5 nitrogen and oxygen atoms in total. The van der Waals surface area contributed by atoms with Gasteiger partial charge >= 0.3 is 0 Å². The first kappa shape index (κ1) is 16.8. The smallest absolute Gasteiger partial charge is 0.201 e. The molecule has 3 heterocycles. The summed E-state index contributed by atoms with van der Waals surface area (Å²) in [4.78, 5) is 13.5. The average Bonchev–Trinajstić information content (AvgIpc) is 3.20. The van der Waals surface area contributed by atoms with E-state index < -0.39 is 0 Å². The lowest BCUT2D eigenvalue weighted by atomic mass is 9.92. The number of anilines is 2. The molecule has 0 radical (unpaired) electrons. The summed E-state index contributed by atoms with van der Waals surface area (Å²) in [6.45, 7) is 5.43. The van der Waals surface area contributed by atoms with Crippen LogP contribution in [0.2, 0.25) is 0 Å². The maximum atomic E-state index is 5.72. The van der Waals surface area contributed by atoms with E-state index in [-0.39, 0.29) is 0 Å². The molecule has 3 aromatic rings. The molecule has 1 aliphatic heterocycles. The minimum atomic E-state index is 0.338. The van der Waals surface area contributed by atoms with E-state index in [0.717, 1.165) is 37.8 Å². The second-order valence-electron chi connectivity index (χ2n) is 6.94. The van der Waals surface area contributed by atoms with E-state index in [1.165, 1.54) is 5.56 Å². The zero-order chi connectivity index (χ0) is 17.8. The second kappa shape index (κ2) is 7.70. The van der Waals surface area contributed by atoms with Crippen LogP contribution in [0.4, 0.5) is 11.7 Å². The van der Waals surface area contributed by atoms with Crippen LogP contribution in [-0.2, 0) is 6.54 Å². The van der Waals surface area contributed by atoms with Gasteiger partial charge in [0.15, 0.2) is 5.82 Å². The Morgan fingerprint density at radius 3 is 2.73 bits per heavy atom. The molecule has 0 saturated carbocycles. The van der Waals surface area contributed by atoms with Crippen LogP contribution in [0.5, 0.6) is 0 Å². The summed E-state index contributed by atoms with van der Waals surface area (Å²) in [5.41, 5.74) is 1.37. The Morgan fingerprint density at radius 2 is 2.04 bits per heavy atom. The van der Waals surface area contributed by atoms with Gasteiger partial charge in [0.25, 0.3) is 0 Å². The van der Waals surface area contributed by atoms with Crippen LogP contribution in [-0.4, -0.2) is 34.0 Å². The van der Waals surface area contributed by atoms with E-state index in [0.29, 0.717) is 12.0 Å².